The summed E-state index contributed by atoms with van der Waals surface area (Å²) in [6.45, 7) is 15.0. The molecule has 2 amide bonds. The molecule has 1 aliphatic carbocycles. The van der Waals surface area contributed by atoms with Crippen LogP contribution in [0.1, 0.15) is 92.9 Å². The van der Waals surface area contributed by atoms with Gasteiger partial charge in [-0.3, -0.25) is 0 Å². The van der Waals surface area contributed by atoms with Crippen molar-refractivity contribution in [3.8, 4) is 11.1 Å². The highest BCUT2D eigenvalue weighted by molar-refractivity contribution is 5.85. The molecule has 2 aliphatic rings. The average molecular weight is 507 g/mol. The van der Waals surface area contributed by atoms with E-state index in [0.717, 1.165) is 70.5 Å². The first-order valence-electron chi connectivity index (χ1n) is 13.5. The summed E-state index contributed by atoms with van der Waals surface area (Å²) in [5.74, 6) is -0.282. The number of carboxylic acid groups (broad SMARTS) is 1. The van der Waals surface area contributed by atoms with Gasteiger partial charge in [0.15, 0.2) is 6.10 Å². The highest BCUT2D eigenvalue weighted by Gasteiger charge is 2.36. The van der Waals surface area contributed by atoms with Crippen molar-refractivity contribution in [2.24, 2.45) is 5.92 Å². The second-order valence-corrected chi connectivity index (χ2v) is 12.1. The second-order valence-electron chi connectivity index (χ2n) is 12.1. The van der Waals surface area contributed by atoms with E-state index in [1.165, 1.54) is 0 Å². The first-order valence-corrected chi connectivity index (χ1v) is 13.5. The molecule has 1 aliphatic heterocycles. The van der Waals surface area contributed by atoms with Gasteiger partial charge in [-0.15, -0.1) is 0 Å². The van der Waals surface area contributed by atoms with Crippen molar-refractivity contribution in [3.63, 3.8) is 0 Å². The Morgan fingerprint density at radius 3 is 2.08 bits per heavy atom. The molecule has 37 heavy (non-hydrogen) atoms. The van der Waals surface area contributed by atoms with Crippen molar-refractivity contribution in [2.75, 3.05) is 0 Å². The zero-order valence-electron chi connectivity index (χ0n) is 23.4. The number of hydrogen-bond acceptors (Lipinski definition) is 3. The summed E-state index contributed by atoms with van der Waals surface area (Å²) in [6.07, 6.45) is 3.23. The Kier molecular flexibility index (Phi) is 7.70. The minimum Gasteiger partial charge on any atom is -0.479 e. The molecule has 2 aromatic carbocycles. The summed E-state index contributed by atoms with van der Waals surface area (Å²) in [6, 6.07) is 8.39. The molecule has 200 valence electrons. The van der Waals surface area contributed by atoms with Crippen LogP contribution < -0.4 is 5.32 Å². The Labute approximate surface area is 221 Å². The lowest BCUT2D eigenvalue weighted by molar-refractivity contribution is -0.160. The lowest BCUT2D eigenvalue weighted by Crippen LogP contribution is -2.43. The maximum absolute atomic E-state index is 13.3. The van der Waals surface area contributed by atoms with Crippen LogP contribution in [0.5, 0.6) is 0 Å². The highest BCUT2D eigenvalue weighted by Crippen LogP contribution is 2.43. The van der Waals surface area contributed by atoms with Gasteiger partial charge in [-0.25, -0.2) is 9.59 Å². The van der Waals surface area contributed by atoms with E-state index in [4.69, 9.17) is 4.74 Å². The number of aryl methyl sites for hydroxylation is 1. The number of rotatable bonds is 5. The van der Waals surface area contributed by atoms with Gasteiger partial charge in [0, 0.05) is 24.7 Å². The molecular weight excluding hydrogens is 464 g/mol. The van der Waals surface area contributed by atoms with Gasteiger partial charge in [-0.2, -0.15) is 0 Å². The van der Waals surface area contributed by atoms with Crippen LogP contribution in [0, 0.1) is 26.7 Å². The van der Waals surface area contributed by atoms with Gasteiger partial charge in [0.05, 0.1) is 5.60 Å². The fourth-order valence-corrected chi connectivity index (χ4v) is 5.84. The molecule has 4 rings (SSSR count). The van der Waals surface area contributed by atoms with Gasteiger partial charge >= 0.3 is 12.0 Å². The van der Waals surface area contributed by atoms with E-state index in [1.807, 2.05) is 63.8 Å². The largest absolute Gasteiger partial charge is 0.479 e. The van der Waals surface area contributed by atoms with Crippen LogP contribution in [0.3, 0.4) is 0 Å². The van der Waals surface area contributed by atoms with Crippen LogP contribution >= 0.6 is 0 Å². The molecule has 1 heterocycles. The SMILES string of the molecule is Cc1ccc(-c2c(C)c3c(c(C)c2[C@H](OC(C)(C)C)C(=O)O)CN(C(=O)NC2CCC(C)CC2)C3)cc1. The predicted octanol–water partition coefficient (Wildman–Crippen LogP) is 6.82. The number of aliphatic carboxylic acids is 1. The van der Waals surface area contributed by atoms with Crippen LogP contribution in [-0.4, -0.2) is 33.6 Å². The number of nitrogens with zero attached hydrogens (tertiary/aromatic N) is 1. The topological polar surface area (TPSA) is 78.9 Å². The molecule has 1 atom stereocenters. The number of urea groups is 1. The Hall–Kier alpha value is -2.86. The molecule has 0 aromatic heterocycles. The molecule has 0 radical (unpaired) electrons. The molecule has 0 unspecified atom stereocenters. The van der Waals surface area contributed by atoms with Gasteiger partial charge in [0.25, 0.3) is 0 Å². The van der Waals surface area contributed by atoms with Crippen molar-refractivity contribution in [2.45, 2.75) is 105 Å². The van der Waals surface area contributed by atoms with E-state index in [0.29, 0.717) is 18.7 Å². The number of carbonyl (C=O) groups is 2. The minimum absolute atomic E-state index is 0.0336. The maximum atomic E-state index is 13.3. The first-order chi connectivity index (χ1) is 17.4. The van der Waals surface area contributed by atoms with E-state index in [9.17, 15) is 14.7 Å². The van der Waals surface area contributed by atoms with Crippen LogP contribution in [0.2, 0.25) is 0 Å². The first kappa shape index (κ1) is 27.2. The Morgan fingerprint density at radius 1 is 0.973 bits per heavy atom. The number of nitrogens with one attached hydrogen (secondary N) is 1. The Balaban J connectivity index is 1.76. The Bertz CT molecular complexity index is 1170. The van der Waals surface area contributed by atoms with Crippen molar-refractivity contribution < 1.29 is 19.4 Å². The number of carboxylic acids is 1. The van der Waals surface area contributed by atoms with E-state index < -0.39 is 17.7 Å². The maximum Gasteiger partial charge on any atom is 0.337 e. The van der Waals surface area contributed by atoms with E-state index >= 15 is 0 Å². The second kappa shape index (κ2) is 10.5. The lowest BCUT2D eigenvalue weighted by atomic mass is 9.83. The molecule has 1 saturated carbocycles. The minimum atomic E-state index is -1.12. The summed E-state index contributed by atoms with van der Waals surface area (Å²) in [5.41, 5.74) is 7.12. The van der Waals surface area contributed by atoms with Crippen LogP contribution in [0.25, 0.3) is 11.1 Å². The van der Waals surface area contributed by atoms with E-state index in [-0.39, 0.29) is 12.1 Å². The quantitative estimate of drug-likeness (QED) is 0.466. The fourth-order valence-electron chi connectivity index (χ4n) is 5.84. The van der Waals surface area contributed by atoms with Crippen molar-refractivity contribution in [1.82, 2.24) is 10.2 Å². The third kappa shape index (κ3) is 5.85. The third-order valence-corrected chi connectivity index (χ3v) is 7.94. The molecule has 6 heteroatoms. The van der Waals surface area contributed by atoms with Crippen molar-refractivity contribution >= 4 is 12.0 Å². The monoisotopic (exact) mass is 506 g/mol. The summed E-state index contributed by atoms with van der Waals surface area (Å²) in [4.78, 5) is 27.8. The lowest BCUT2D eigenvalue weighted by Gasteiger charge is -2.29. The summed E-state index contributed by atoms with van der Waals surface area (Å²) < 4.78 is 6.16. The zero-order chi connectivity index (χ0) is 27.1. The van der Waals surface area contributed by atoms with E-state index in [2.05, 4.69) is 19.2 Å². The standard InChI is InChI=1S/C31H42N2O4/c1-18-8-12-22(13-9-18)26-20(3)24-16-33(30(36)32-23-14-10-19(2)11-15-23)17-25(24)21(4)27(26)28(29(34)35)37-31(5,6)7/h8-9,12-13,19,23,28H,10-11,14-17H2,1-7H3,(H,32,36)(H,34,35)/t19?,23?,28-/m0/s1. The molecule has 1 fully saturated rings. The molecule has 0 saturated heterocycles. The summed E-state index contributed by atoms with van der Waals surface area (Å²) in [7, 11) is 0. The van der Waals surface area contributed by atoms with Gasteiger partial charge in [0.2, 0.25) is 0 Å². The van der Waals surface area contributed by atoms with Crippen molar-refractivity contribution in [1.29, 1.82) is 0 Å². The van der Waals surface area contributed by atoms with Gasteiger partial charge < -0.3 is 20.1 Å². The summed E-state index contributed by atoms with van der Waals surface area (Å²) in [5, 5.41) is 13.6. The number of hydrogen-bond donors (Lipinski definition) is 2. The van der Waals surface area contributed by atoms with Crippen LogP contribution in [0.15, 0.2) is 24.3 Å². The van der Waals surface area contributed by atoms with Gasteiger partial charge in [0.1, 0.15) is 0 Å². The Morgan fingerprint density at radius 2 is 1.54 bits per heavy atom. The molecule has 2 N–H and O–H groups in total. The molecule has 6 nitrogen and oxygen atoms in total. The molecule has 0 spiro atoms. The normalized spacial score (nSPS) is 20.5. The van der Waals surface area contributed by atoms with Crippen molar-refractivity contribution in [3.05, 3.63) is 57.6 Å². The fraction of sp³-hybridized carbons (Fsp3) is 0.548. The number of ether oxygens (including phenoxy) is 1. The highest BCUT2D eigenvalue weighted by atomic mass is 16.5. The smallest absolute Gasteiger partial charge is 0.337 e. The number of amides is 2. The number of carbonyl (C=O) groups excluding carboxylic acids is 1. The average Bonchev–Trinajstić information content (AvgIpc) is 3.28. The number of benzene rings is 2. The molecule has 0 bridgehead atoms. The summed E-state index contributed by atoms with van der Waals surface area (Å²) >= 11 is 0. The van der Waals surface area contributed by atoms with Crippen LogP contribution in [-0.2, 0) is 22.6 Å². The zero-order valence-corrected chi connectivity index (χ0v) is 23.4. The third-order valence-electron chi connectivity index (χ3n) is 7.94. The number of fused-ring (bicyclic) bond motifs is 1. The predicted molar refractivity (Wildman–Crippen MR) is 147 cm³/mol. The van der Waals surface area contributed by atoms with Gasteiger partial charge in [-0.1, -0.05) is 36.8 Å². The molecular formula is C31H42N2O4. The molecule has 2 aromatic rings. The van der Waals surface area contributed by atoms with Gasteiger partial charge in [-0.05, 0) is 107 Å². The van der Waals surface area contributed by atoms with E-state index in [1.54, 1.807) is 0 Å². The van der Waals surface area contributed by atoms with Crippen LogP contribution in [0.4, 0.5) is 4.79 Å².